The summed E-state index contributed by atoms with van der Waals surface area (Å²) in [5, 5.41) is 11.6. The quantitative estimate of drug-likeness (QED) is 0.373. The highest BCUT2D eigenvalue weighted by Crippen LogP contribution is 2.47. The van der Waals surface area contributed by atoms with Crippen LogP contribution in [-0.4, -0.2) is 116 Å². The summed E-state index contributed by atoms with van der Waals surface area (Å²) < 4.78 is 45.8. The van der Waals surface area contributed by atoms with Gasteiger partial charge in [0.15, 0.2) is 12.6 Å². The largest absolute Gasteiger partial charge is 0.459 e. The molecule has 0 radical (unpaired) electrons. The lowest BCUT2D eigenvalue weighted by Crippen LogP contribution is -2.58. The van der Waals surface area contributed by atoms with Crippen LogP contribution in [-0.2, 0) is 38.0 Å². The molecule has 18 atom stereocenters. The van der Waals surface area contributed by atoms with E-state index in [1.165, 1.54) is 0 Å². The summed E-state index contributed by atoms with van der Waals surface area (Å²) >= 11 is 0. The predicted molar refractivity (Wildman–Crippen MR) is 188 cm³/mol. The third kappa shape index (κ3) is 8.05. The molecule has 4 heterocycles. The zero-order chi connectivity index (χ0) is 37.0. The Balaban J connectivity index is 1.79. The van der Waals surface area contributed by atoms with E-state index >= 15 is 0 Å². The molecule has 3 N–H and O–H groups in total. The number of rotatable bonds is 6. The van der Waals surface area contributed by atoms with Crippen molar-refractivity contribution in [1.29, 1.82) is 0 Å². The number of carbonyl (C=O) groups is 1. The van der Waals surface area contributed by atoms with Crippen molar-refractivity contribution < 1.29 is 43.1 Å². The summed E-state index contributed by atoms with van der Waals surface area (Å²) in [6, 6.07) is -0.468. The van der Waals surface area contributed by atoms with Crippen LogP contribution in [0.5, 0.6) is 0 Å². The molecule has 4 rings (SSSR count). The fraction of sp³-hybridized carbons (Fsp3) is 0.974. The second-order valence-electron chi connectivity index (χ2n) is 17.6. The van der Waals surface area contributed by atoms with Crippen molar-refractivity contribution in [3.05, 3.63) is 0 Å². The van der Waals surface area contributed by atoms with Gasteiger partial charge in [-0.3, -0.25) is 4.79 Å². The number of esters is 1. The number of aliphatic hydroxyl groups is 1. The Bertz CT molecular complexity index is 1120. The molecule has 0 amide bonds. The Morgan fingerprint density at radius 1 is 0.918 bits per heavy atom. The molecule has 0 spiro atoms. The van der Waals surface area contributed by atoms with Crippen LogP contribution in [0, 0.1) is 35.0 Å². The second kappa shape index (κ2) is 15.2. The summed E-state index contributed by atoms with van der Waals surface area (Å²) in [7, 11) is 5.66. The molecule has 0 aromatic rings. The lowest BCUT2D eigenvalue weighted by Gasteiger charge is -2.49. The van der Waals surface area contributed by atoms with Gasteiger partial charge in [-0.05, 0) is 79.8 Å². The molecule has 4 fully saturated rings. The topological polar surface area (TPSA) is 131 Å². The van der Waals surface area contributed by atoms with Gasteiger partial charge in [0.25, 0.3) is 0 Å². The van der Waals surface area contributed by atoms with Gasteiger partial charge < -0.3 is 48.9 Å². The molecular formula is C38H70N2O9. The lowest BCUT2D eigenvalue weighted by atomic mass is 9.69. The van der Waals surface area contributed by atoms with E-state index in [0.29, 0.717) is 12.8 Å². The Hall–Kier alpha value is -0.890. The molecule has 0 saturated carbocycles. The third-order valence-electron chi connectivity index (χ3n) is 13.2. The number of hydrogen-bond donors (Lipinski definition) is 2. The minimum atomic E-state index is -0.876. The first kappa shape index (κ1) is 40.9. The maximum absolute atomic E-state index is 14.2. The van der Waals surface area contributed by atoms with E-state index < -0.39 is 65.5 Å². The van der Waals surface area contributed by atoms with Crippen LogP contribution in [0.25, 0.3) is 0 Å². The number of hydrogen-bond acceptors (Lipinski definition) is 11. The summed E-state index contributed by atoms with van der Waals surface area (Å²) in [4.78, 5) is 16.2. The zero-order valence-corrected chi connectivity index (χ0v) is 33.1. The SMILES string of the molecule is COC1(C)CC(O[C@H]2[C@H](C)[C@@H](OC3OC(C)CC(N(C)C)C3O)C(C)(C)C[C@@H](C)C3O[C@](C)(C(N)[C@H]3C)[C@@H](C)OC(=O)[C@@H]2C)OC(C)C1C. The van der Waals surface area contributed by atoms with Gasteiger partial charge >= 0.3 is 5.97 Å². The molecule has 4 aliphatic heterocycles. The van der Waals surface area contributed by atoms with E-state index in [4.69, 9.17) is 38.9 Å². The van der Waals surface area contributed by atoms with E-state index in [0.717, 1.165) is 6.42 Å². The normalized spacial score (nSPS) is 51.4. The van der Waals surface area contributed by atoms with Crippen LogP contribution < -0.4 is 5.73 Å². The van der Waals surface area contributed by atoms with Crippen LogP contribution in [0.2, 0.25) is 0 Å². The van der Waals surface area contributed by atoms with Crippen LogP contribution in [0.1, 0.15) is 102 Å². The number of ether oxygens (including phenoxy) is 7. The minimum absolute atomic E-state index is 0.0401. The summed E-state index contributed by atoms with van der Waals surface area (Å²) in [6.07, 6.45) is -2.64. The molecule has 2 bridgehead atoms. The minimum Gasteiger partial charge on any atom is -0.459 e. The first-order chi connectivity index (χ1) is 22.6. The summed E-state index contributed by atoms with van der Waals surface area (Å²) in [5.74, 6) is -1.19. The number of cyclic esters (lactones) is 1. The number of nitrogens with zero attached hydrogens (tertiary/aromatic N) is 1. The Morgan fingerprint density at radius 2 is 1.55 bits per heavy atom. The van der Waals surface area contributed by atoms with E-state index in [2.05, 4.69) is 48.5 Å². The van der Waals surface area contributed by atoms with Crippen LogP contribution >= 0.6 is 0 Å². The number of aliphatic hydroxyl groups excluding tert-OH is 1. The maximum atomic E-state index is 14.2. The molecule has 49 heavy (non-hydrogen) atoms. The highest BCUT2D eigenvalue weighted by Gasteiger charge is 2.57. The van der Waals surface area contributed by atoms with Crippen molar-refractivity contribution >= 4 is 5.97 Å². The highest BCUT2D eigenvalue weighted by atomic mass is 16.7. The van der Waals surface area contributed by atoms with E-state index in [9.17, 15) is 9.90 Å². The second-order valence-corrected chi connectivity index (χ2v) is 17.6. The third-order valence-corrected chi connectivity index (χ3v) is 13.2. The van der Waals surface area contributed by atoms with Crippen LogP contribution in [0.15, 0.2) is 0 Å². The molecule has 0 aliphatic carbocycles. The Morgan fingerprint density at radius 3 is 2.14 bits per heavy atom. The molecule has 286 valence electrons. The predicted octanol–water partition coefficient (Wildman–Crippen LogP) is 4.75. The first-order valence-corrected chi connectivity index (χ1v) is 18.7. The molecular weight excluding hydrogens is 628 g/mol. The molecule has 0 aromatic carbocycles. The van der Waals surface area contributed by atoms with Gasteiger partial charge in [-0.2, -0.15) is 0 Å². The van der Waals surface area contributed by atoms with Gasteiger partial charge in [-0.15, -0.1) is 0 Å². The number of fused-ring (bicyclic) bond motifs is 2. The molecule has 10 unspecified atom stereocenters. The smallest absolute Gasteiger partial charge is 0.311 e. The van der Waals surface area contributed by atoms with Gasteiger partial charge in [0, 0.05) is 43.4 Å². The van der Waals surface area contributed by atoms with Crippen molar-refractivity contribution in [3.8, 4) is 0 Å². The summed E-state index contributed by atoms with van der Waals surface area (Å²) in [5.41, 5.74) is 5.03. The number of carbonyl (C=O) groups excluding carboxylic acids is 1. The molecule has 0 aromatic heterocycles. The van der Waals surface area contributed by atoms with E-state index in [-0.39, 0.29) is 54.1 Å². The Labute approximate surface area is 296 Å². The standard InChI is InChI=1S/C38H70N2O9/c1-19-17-36(9,10)33(48-35-29(41)27(40(13)14)16-20(2)44-35)22(4)31(47-28-18-37(11,43-15)24(6)25(7)45-28)23(5)34(42)46-26(8)38(12)32(39)21(3)30(19)49-38/h19-33,35,41H,16-18,39H2,1-15H3/t19-,20?,21+,22+,23-,24?,25?,26-,27?,28?,29?,30?,31+,32?,33-,35?,37?,38+/m1/s1. The lowest BCUT2D eigenvalue weighted by molar-refractivity contribution is -0.307. The van der Waals surface area contributed by atoms with E-state index in [1.54, 1.807) is 7.11 Å². The van der Waals surface area contributed by atoms with Crippen molar-refractivity contribution in [3.63, 3.8) is 0 Å². The molecule has 11 heteroatoms. The van der Waals surface area contributed by atoms with Gasteiger partial charge in [-0.25, -0.2) is 0 Å². The average molecular weight is 699 g/mol. The molecule has 4 aliphatic rings. The monoisotopic (exact) mass is 699 g/mol. The fourth-order valence-corrected chi connectivity index (χ4v) is 9.43. The van der Waals surface area contributed by atoms with Crippen molar-refractivity contribution in [2.45, 2.75) is 181 Å². The summed E-state index contributed by atoms with van der Waals surface area (Å²) in [6.45, 7) is 24.7. The molecule has 11 nitrogen and oxygen atoms in total. The number of methoxy groups -OCH3 is 1. The highest BCUT2D eigenvalue weighted by molar-refractivity contribution is 5.73. The van der Waals surface area contributed by atoms with Gasteiger partial charge in [-0.1, -0.05) is 41.5 Å². The van der Waals surface area contributed by atoms with Crippen LogP contribution in [0.3, 0.4) is 0 Å². The van der Waals surface area contributed by atoms with Crippen molar-refractivity contribution in [2.75, 3.05) is 21.2 Å². The number of likely N-dealkylation sites (N-methyl/N-ethyl adjacent to an activating group) is 1. The fourth-order valence-electron chi connectivity index (χ4n) is 9.43. The maximum Gasteiger partial charge on any atom is 0.311 e. The van der Waals surface area contributed by atoms with Gasteiger partial charge in [0.1, 0.15) is 17.8 Å². The van der Waals surface area contributed by atoms with Crippen molar-refractivity contribution in [1.82, 2.24) is 4.90 Å². The van der Waals surface area contributed by atoms with Gasteiger partial charge in [0.2, 0.25) is 0 Å². The number of nitrogens with two attached hydrogens (primary N) is 1. The van der Waals surface area contributed by atoms with Crippen LogP contribution in [0.4, 0.5) is 0 Å². The zero-order valence-electron chi connectivity index (χ0n) is 33.1. The molecule has 4 saturated heterocycles. The average Bonchev–Trinajstić information content (AvgIpc) is 3.26. The van der Waals surface area contributed by atoms with Crippen molar-refractivity contribution in [2.24, 2.45) is 40.7 Å². The van der Waals surface area contributed by atoms with E-state index in [1.807, 2.05) is 53.6 Å². The van der Waals surface area contributed by atoms with Gasteiger partial charge in [0.05, 0.1) is 42.0 Å². The first-order valence-electron chi connectivity index (χ1n) is 18.7. The Kier molecular flexibility index (Phi) is 12.7.